The van der Waals surface area contributed by atoms with Crippen molar-refractivity contribution in [3.8, 4) is 10.7 Å². The normalized spacial score (nSPS) is 19.6. The lowest BCUT2D eigenvalue weighted by molar-refractivity contribution is -0.121. The Hall–Kier alpha value is -2.12. The summed E-state index contributed by atoms with van der Waals surface area (Å²) in [6.45, 7) is 1.96. The number of benzene rings is 1. The van der Waals surface area contributed by atoms with Gasteiger partial charge in [0.05, 0.1) is 16.2 Å². The molecule has 0 saturated heterocycles. The molecule has 2 aliphatic carbocycles. The fourth-order valence-electron chi connectivity index (χ4n) is 4.00. The third kappa shape index (κ3) is 3.85. The molecular weight excluding hydrogens is 400 g/mol. The largest absolute Gasteiger partial charge is 0.348 e. The van der Waals surface area contributed by atoms with Gasteiger partial charge in [0, 0.05) is 6.04 Å². The van der Waals surface area contributed by atoms with Gasteiger partial charge in [-0.05, 0) is 61.6 Å². The van der Waals surface area contributed by atoms with Gasteiger partial charge in [-0.2, -0.15) is 0 Å². The number of carbonyl (C=O) groups is 1. The molecule has 0 unspecified atom stereocenters. The van der Waals surface area contributed by atoms with Gasteiger partial charge in [-0.25, -0.2) is 0 Å². The SMILES string of the molecule is C[C@@H](Sc1nnc(-c2cccs2)n1C1CC1)C(=O)N[C@H]1CCCc2ccccc21. The van der Waals surface area contributed by atoms with Crippen molar-refractivity contribution in [3.63, 3.8) is 0 Å². The molecule has 1 saturated carbocycles. The highest BCUT2D eigenvalue weighted by molar-refractivity contribution is 8.00. The van der Waals surface area contributed by atoms with Crippen molar-refractivity contribution in [3.05, 3.63) is 52.9 Å². The van der Waals surface area contributed by atoms with Crippen molar-refractivity contribution in [2.24, 2.45) is 0 Å². The molecule has 7 heteroatoms. The van der Waals surface area contributed by atoms with Gasteiger partial charge in [0.15, 0.2) is 11.0 Å². The molecule has 2 atom stereocenters. The van der Waals surface area contributed by atoms with Crippen LogP contribution in [0, 0.1) is 0 Å². The number of amides is 1. The average molecular weight is 425 g/mol. The molecule has 0 spiro atoms. The lowest BCUT2D eigenvalue weighted by Crippen LogP contribution is -2.36. The number of thiophene rings is 1. The van der Waals surface area contributed by atoms with Crippen LogP contribution in [-0.2, 0) is 11.2 Å². The lowest BCUT2D eigenvalue weighted by Gasteiger charge is -2.27. The van der Waals surface area contributed by atoms with Crippen LogP contribution in [0.1, 0.15) is 55.8 Å². The average Bonchev–Trinajstić information content (AvgIpc) is 3.25. The van der Waals surface area contributed by atoms with Gasteiger partial charge in [-0.3, -0.25) is 9.36 Å². The minimum atomic E-state index is -0.220. The molecule has 5 nitrogen and oxygen atoms in total. The van der Waals surface area contributed by atoms with E-state index in [1.807, 2.05) is 13.0 Å². The van der Waals surface area contributed by atoms with Crippen LogP contribution in [0.3, 0.4) is 0 Å². The van der Waals surface area contributed by atoms with E-state index in [1.165, 1.54) is 22.9 Å². The van der Waals surface area contributed by atoms with E-state index >= 15 is 0 Å². The maximum atomic E-state index is 13.0. The van der Waals surface area contributed by atoms with E-state index in [2.05, 4.69) is 55.8 Å². The van der Waals surface area contributed by atoms with E-state index in [0.717, 1.165) is 48.0 Å². The molecule has 29 heavy (non-hydrogen) atoms. The van der Waals surface area contributed by atoms with Crippen LogP contribution in [0.15, 0.2) is 46.9 Å². The second-order valence-electron chi connectivity index (χ2n) is 7.80. The zero-order valence-corrected chi connectivity index (χ0v) is 18.0. The van der Waals surface area contributed by atoms with E-state index in [-0.39, 0.29) is 17.2 Å². The Labute approximate surface area is 178 Å². The Balaban J connectivity index is 1.31. The smallest absolute Gasteiger partial charge is 0.233 e. The molecule has 3 aromatic rings. The van der Waals surface area contributed by atoms with Crippen molar-refractivity contribution in [2.45, 2.75) is 61.5 Å². The third-order valence-corrected chi connectivity index (χ3v) is 7.58. The summed E-state index contributed by atoms with van der Waals surface area (Å²) in [5.74, 6) is 0.999. The monoisotopic (exact) mass is 424 g/mol. The molecule has 0 bridgehead atoms. The summed E-state index contributed by atoms with van der Waals surface area (Å²) in [5.41, 5.74) is 2.63. The molecule has 2 aliphatic rings. The van der Waals surface area contributed by atoms with Crippen LogP contribution in [0.5, 0.6) is 0 Å². The molecule has 1 N–H and O–H groups in total. The number of thioether (sulfide) groups is 1. The van der Waals surface area contributed by atoms with Crippen molar-refractivity contribution < 1.29 is 4.79 Å². The molecule has 1 fully saturated rings. The molecule has 1 amide bonds. The summed E-state index contributed by atoms with van der Waals surface area (Å²) in [6.07, 6.45) is 5.53. The first kappa shape index (κ1) is 18.9. The summed E-state index contributed by atoms with van der Waals surface area (Å²) in [6, 6.07) is 13.2. The van der Waals surface area contributed by atoms with Gasteiger partial charge in [0.2, 0.25) is 5.91 Å². The Morgan fingerprint density at radius 2 is 2.07 bits per heavy atom. The van der Waals surface area contributed by atoms with Gasteiger partial charge in [-0.1, -0.05) is 42.1 Å². The van der Waals surface area contributed by atoms with Crippen molar-refractivity contribution in [1.29, 1.82) is 0 Å². The van der Waals surface area contributed by atoms with E-state index < -0.39 is 0 Å². The highest BCUT2D eigenvalue weighted by Crippen LogP contribution is 2.42. The van der Waals surface area contributed by atoms with Crippen LogP contribution in [0.2, 0.25) is 0 Å². The molecular formula is C22H24N4OS2. The number of rotatable bonds is 6. The quantitative estimate of drug-likeness (QED) is 0.565. The van der Waals surface area contributed by atoms with E-state index in [4.69, 9.17) is 0 Å². The standard InChI is InChI=1S/C22H24N4OS2/c1-14(21(27)23-18-9-4-7-15-6-2-3-8-17(15)18)29-22-25-24-20(19-10-5-13-28-19)26(22)16-11-12-16/h2-3,5-6,8,10,13-14,16,18H,4,7,9,11-12H2,1H3,(H,23,27)/t14-,18+/m1/s1. The zero-order valence-electron chi connectivity index (χ0n) is 16.4. The number of nitrogens with one attached hydrogen (secondary N) is 1. The maximum absolute atomic E-state index is 13.0. The Kier molecular flexibility index (Phi) is 5.18. The zero-order chi connectivity index (χ0) is 19.8. The van der Waals surface area contributed by atoms with E-state index in [1.54, 1.807) is 11.3 Å². The number of aromatic nitrogens is 3. The van der Waals surface area contributed by atoms with Gasteiger partial charge in [0.1, 0.15) is 0 Å². The molecule has 2 aromatic heterocycles. The second-order valence-corrected chi connectivity index (χ2v) is 10.1. The first-order valence-corrected chi connectivity index (χ1v) is 12.0. The number of hydrogen-bond acceptors (Lipinski definition) is 5. The summed E-state index contributed by atoms with van der Waals surface area (Å²) in [5, 5.41) is 14.9. The minimum Gasteiger partial charge on any atom is -0.348 e. The molecule has 2 heterocycles. The summed E-state index contributed by atoms with van der Waals surface area (Å²) >= 11 is 3.20. The Morgan fingerprint density at radius 3 is 2.86 bits per heavy atom. The molecule has 150 valence electrons. The fourth-order valence-corrected chi connectivity index (χ4v) is 5.63. The van der Waals surface area contributed by atoms with Crippen LogP contribution < -0.4 is 5.32 Å². The molecule has 1 aromatic carbocycles. The molecule has 5 rings (SSSR count). The van der Waals surface area contributed by atoms with Crippen LogP contribution in [0.25, 0.3) is 10.7 Å². The second kappa shape index (κ2) is 7.95. The van der Waals surface area contributed by atoms with Crippen molar-refractivity contribution in [2.75, 3.05) is 0 Å². The summed E-state index contributed by atoms with van der Waals surface area (Å²) in [7, 11) is 0. The van der Waals surface area contributed by atoms with Gasteiger partial charge >= 0.3 is 0 Å². The Bertz CT molecular complexity index is 1010. The van der Waals surface area contributed by atoms with Crippen molar-refractivity contribution in [1.82, 2.24) is 20.1 Å². The van der Waals surface area contributed by atoms with Crippen LogP contribution >= 0.6 is 23.1 Å². The van der Waals surface area contributed by atoms with Crippen LogP contribution in [-0.4, -0.2) is 25.9 Å². The number of aryl methyl sites for hydroxylation is 1. The van der Waals surface area contributed by atoms with Gasteiger partial charge in [0.25, 0.3) is 0 Å². The lowest BCUT2D eigenvalue weighted by atomic mass is 9.88. The topological polar surface area (TPSA) is 59.8 Å². The maximum Gasteiger partial charge on any atom is 0.233 e. The van der Waals surface area contributed by atoms with Crippen LogP contribution in [0.4, 0.5) is 0 Å². The minimum absolute atomic E-state index is 0.0692. The van der Waals surface area contributed by atoms with Gasteiger partial charge < -0.3 is 5.32 Å². The molecule has 0 aliphatic heterocycles. The Morgan fingerprint density at radius 1 is 1.21 bits per heavy atom. The summed E-state index contributed by atoms with van der Waals surface area (Å²) < 4.78 is 2.23. The van der Waals surface area contributed by atoms with E-state index in [0.29, 0.717) is 6.04 Å². The fraction of sp³-hybridized carbons (Fsp3) is 0.409. The first-order valence-electron chi connectivity index (χ1n) is 10.2. The predicted molar refractivity (Wildman–Crippen MR) is 117 cm³/mol. The third-order valence-electron chi connectivity index (χ3n) is 5.66. The predicted octanol–water partition coefficient (Wildman–Crippen LogP) is 5.02. The number of hydrogen-bond donors (Lipinski definition) is 1. The highest BCUT2D eigenvalue weighted by Gasteiger charge is 2.32. The highest BCUT2D eigenvalue weighted by atomic mass is 32.2. The number of nitrogens with zero attached hydrogens (tertiary/aromatic N) is 3. The van der Waals surface area contributed by atoms with Crippen molar-refractivity contribution >= 4 is 29.0 Å². The number of carbonyl (C=O) groups excluding carboxylic acids is 1. The van der Waals surface area contributed by atoms with Gasteiger partial charge in [-0.15, -0.1) is 21.5 Å². The molecule has 0 radical (unpaired) electrons. The number of fused-ring (bicyclic) bond motifs is 1. The first-order chi connectivity index (χ1) is 14.2. The van der Waals surface area contributed by atoms with E-state index in [9.17, 15) is 4.79 Å². The summed E-state index contributed by atoms with van der Waals surface area (Å²) in [4.78, 5) is 14.1.